The predicted molar refractivity (Wildman–Crippen MR) is 53.7 cm³/mol. The lowest BCUT2D eigenvalue weighted by Crippen LogP contribution is -2.03. The van der Waals surface area contributed by atoms with E-state index >= 15 is 0 Å². The number of rotatable bonds is 7. The second-order valence-electron chi connectivity index (χ2n) is 2.81. The maximum atomic E-state index is 10.9. The van der Waals surface area contributed by atoms with Gasteiger partial charge >= 0.3 is 0 Å². The maximum Gasteiger partial charge on any atom is 0.0502 e. The van der Waals surface area contributed by atoms with E-state index in [0.717, 1.165) is 32.2 Å². The van der Waals surface area contributed by atoms with Crippen LogP contribution in [0.5, 0.6) is 0 Å². The van der Waals surface area contributed by atoms with Crippen LogP contribution in [0.1, 0.15) is 25.7 Å². The molecule has 0 aromatic heterocycles. The lowest BCUT2D eigenvalue weighted by Gasteiger charge is -2.22. The Hall–Kier alpha value is 0.530. The van der Waals surface area contributed by atoms with Gasteiger partial charge in [-0.25, -0.2) is 0 Å². The largest absolute Gasteiger partial charge is 0.801 e. The third-order valence-electron chi connectivity index (χ3n) is 1.42. The van der Waals surface area contributed by atoms with Crippen LogP contribution in [-0.4, -0.2) is 19.8 Å². The Morgan fingerprint density at radius 1 is 1.33 bits per heavy atom. The molecule has 0 heterocycles. The van der Waals surface area contributed by atoms with Crippen LogP contribution >= 0.6 is 6.49 Å². The standard InChI is InChI=1S/C7H18NO2PS/c1-11(9,12)10-7-5-3-2-4-6-8/h2-8H2,1H3,(H,9,12)/p-1. The fourth-order valence-electron chi connectivity index (χ4n) is 0.830. The second kappa shape index (κ2) is 6.98. The van der Waals surface area contributed by atoms with Crippen molar-refractivity contribution in [1.29, 1.82) is 0 Å². The third kappa shape index (κ3) is 10.5. The zero-order valence-electron chi connectivity index (χ0n) is 7.49. The Morgan fingerprint density at radius 2 is 1.92 bits per heavy atom. The monoisotopic (exact) mass is 210 g/mol. The van der Waals surface area contributed by atoms with Crippen LogP contribution in [0.3, 0.4) is 0 Å². The van der Waals surface area contributed by atoms with E-state index < -0.39 is 6.49 Å². The van der Waals surface area contributed by atoms with Crippen LogP contribution < -0.4 is 10.6 Å². The molecule has 0 fully saturated rings. The van der Waals surface area contributed by atoms with Crippen molar-refractivity contribution in [2.24, 2.45) is 5.73 Å². The normalized spacial score (nSPS) is 15.9. The van der Waals surface area contributed by atoms with Crippen molar-refractivity contribution in [2.45, 2.75) is 25.7 Å². The van der Waals surface area contributed by atoms with Gasteiger partial charge in [0.15, 0.2) is 0 Å². The average Bonchev–Trinajstić information content (AvgIpc) is 1.94. The molecule has 0 rings (SSSR count). The minimum atomic E-state index is -2.66. The summed E-state index contributed by atoms with van der Waals surface area (Å²) >= 11 is 4.60. The molecular weight excluding hydrogens is 193 g/mol. The van der Waals surface area contributed by atoms with E-state index in [1.165, 1.54) is 6.66 Å². The van der Waals surface area contributed by atoms with Gasteiger partial charge in [0, 0.05) is 0 Å². The van der Waals surface area contributed by atoms with E-state index in [9.17, 15) is 4.89 Å². The van der Waals surface area contributed by atoms with Gasteiger partial charge in [0.2, 0.25) is 0 Å². The molecule has 0 spiro atoms. The molecule has 1 atom stereocenters. The smallest absolute Gasteiger partial charge is 0.0502 e. The highest BCUT2D eigenvalue weighted by molar-refractivity contribution is 8.08. The Balaban J connectivity index is 3.06. The summed E-state index contributed by atoms with van der Waals surface area (Å²) in [6.07, 6.45) is 4.17. The van der Waals surface area contributed by atoms with Crippen molar-refractivity contribution in [1.82, 2.24) is 0 Å². The summed E-state index contributed by atoms with van der Waals surface area (Å²) in [5, 5.41) is 0. The van der Waals surface area contributed by atoms with Crippen molar-refractivity contribution in [3.05, 3.63) is 0 Å². The molecule has 1 unspecified atom stereocenters. The van der Waals surface area contributed by atoms with E-state index in [4.69, 9.17) is 10.3 Å². The van der Waals surface area contributed by atoms with E-state index in [0.29, 0.717) is 6.61 Å². The molecule has 0 radical (unpaired) electrons. The number of hydrogen-bond donors (Lipinski definition) is 1. The van der Waals surface area contributed by atoms with Crippen LogP contribution in [0.15, 0.2) is 0 Å². The number of hydrogen-bond acceptors (Lipinski definition) is 4. The molecule has 0 saturated heterocycles. The fraction of sp³-hybridized carbons (Fsp3) is 1.00. The fourth-order valence-corrected chi connectivity index (χ4v) is 1.51. The Bertz CT molecular complexity index is 148. The summed E-state index contributed by atoms with van der Waals surface area (Å²) < 4.78 is 4.95. The molecule has 74 valence electrons. The van der Waals surface area contributed by atoms with Crippen molar-refractivity contribution < 1.29 is 9.42 Å². The summed E-state index contributed by atoms with van der Waals surface area (Å²) in [6.45, 7) is 0.0578. The van der Waals surface area contributed by atoms with Crippen molar-refractivity contribution in [3.8, 4) is 0 Å². The van der Waals surface area contributed by atoms with Crippen LogP contribution in [-0.2, 0) is 16.3 Å². The molecule has 0 bridgehead atoms. The van der Waals surface area contributed by atoms with Crippen molar-refractivity contribution in [3.63, 3.8) is 0 Å². The second-order valence-corrected chi connectivity index (χ2v) is 6.60. The summed E-state index contributed by atoms with van der Waals surface area (Å²) in [5.41, 5.74) is 5.32. The first kappa shape index (κ1) is 12.5. The zero-order chi connectivity index (χ0) is 9.45. The van der Waals surface area contributed by atoms with E-state index in [1.54, 1.807) is 0 Å². The molecule has 3 nitrogen and oxygen atoms in total. The van der Waals surface area contributed by atoms with E-state index in [2.05, 4.69) is 11.8 Å². The molecule has 5 heteroatoms. The number of unbranched alkanes of at least 4 members (excludes halogenated alkanes) is 3. The van der Waals surface area contributed by atoms with Gasteiger partial charge in [0.05, 0.1) is 6.61 Å². The Labute approximate surface area is 79.5 Å². The van der Waals surface area contributed by atoms with Crippen LogP contribution in [0.25, 0.3) is 0 Å². The molecule has 0 aromatic carbocycles. The van der Waals surface area contributed by atoms with Gasteiger partial charge in [-0.2, -0.15) is 0 Å². The van der Waals surface area contributed by atoms with Crippen LogP contribution in [0.2, 0.25) is 0 Å². The molecule has 0 aliphatic heterocycles. The highest BCUT2D eigenvalue weighted by Crippen LogP contribution is 2.31. The SMILES string of the molecule is CP([O-])(=S)OCCCCCCN. The van der Waals surface area contributed by atoms with Crippen molar-refractivity contribution >= 4 is 18.3 Å². The van der Waals surface area contributed by atoms with Crippen LogP contribution in [0, 0.1) is 0 Å². The predicted octanol–water partition coefficient (Wildman–Crippen LogP) is 0.822. The van der Waals surface area contributed by atoms with Gasteiger partial charge in [-0.15, -0.1) is 0 Å². The summed E-state index contributed by atoms with van der Waals surface area (Å²) in [7, 11) is 0. The van der Waals surface area contributed by atoms with Crippen LogP contribution in [0.4, 0.5) is 0 Å². The molecular formula is C7H17NO2PS-. The summed E-state index contributed by atoms with van der Waals surface area (Å²) in [4.78, 5) is 10.9. The molecule has 0 aromatic rings. The third-order valence-corrected chi connectivity index (χ3v) is 2.39. The Kier molecular flexibility index (Phi) is 7.29. The molecule has 0 saturated carbocycles. The van der Waals surface area contributed by atoms with Gasteiger partial charge in [-0.3, -0.25) is 0 Å². The quantitative estimate of drug-likeness (QED) is 0.499. The topological polar surface area (TPSA) is 58.3 Å². The van der Waals surface area contributed by atoms with Gasteiger partial charge < -0.3 is 15.2 Å². The maximum absolute atomic E-state index is 10.9. The van der Waals surface area contributed by atoms with Gasteiger partial charge in [-0.1, -0.05) is 24.6 Å². The molecule has 2 N–H and O–H groups in total. The highest BCUT2D eigenvalue weighted by atomic mass is 32.5. The van der Waals surface area contributed by atoms with Gasteiger partial charge in [0.25, 0.3) is 0 Å². The first-order valence-electron chi connectivity index (χ1n) is 4.19. The first-order valence-corrected chi connectivity index (χ1v) is 7.28. The molecule has 0 aliphatic rings. The van der Waals surface area contributed by atoms with Crippen molar-refractivity contribution in [2.75, 3.05) is 19.8 Å². The summed E-state index contributed by atoms with van der Waals surface area (Å²) in [6, 6.07) is 0. The van der Waals surface area contributed by atoms with E-state index in [1.807, 2.05) is 0 Å². The lowest BCUT2D eigenvalue weighted by atomic mass is 10.2. The van der Waals surface area contributed by atoms with Gasteiger partial charge in [-0.05, 0) is 32.5 Å². The minimum Gasteiger partial charge on any atom is -0.801 e. The zero-order valence-corrected chi connectivity index (χ0v) is 9.20. The molecule has 0 aliphatic carbocycles. The van der Waals surface area contributed by atoms with Gasteiger partial charge in [0.1, 0.15) is 0 Å². The number of nitrogens with two attached hydrogens (primary N) is 1. The first-order chi connectivity index (χ1) is 5.56. The molecule has 12 heavy (non-hydrogen) atoms. The Morgan fingerprint density at radius 3 is 2.42 bits per heavy atom. The molecule has 0 amide bonds. The summed E-state index contributed by atoms with van der Waals surface area (Å²) in [5.74, 6) is 0. The average molecular weight is 210 g/mol. The minimum absolute atomic E-state index is 0.516. The van der Waals surface area contributed by atoms with E-state index in [-0.39, 0.29) is 0 Å². The lowest BCUT2D eigenvalue weighted by molar-refractivity contribution is -0.180. The highest BCUT2D eigenvalue weighted by Gasteiger charge is 1.93.